The lowest BCUT2D eigenvalue weighted by atomic mass is 10.2. The van der Waals surface area contributed by atoms with Gasteiger partial charge in [-0.1, -0.05) is 11.3 Å². The van der Waals surface area contributed by atoms with Crippen LogP contribution < -0.4 is 10.6 Å². The van der Waals surface area contributed by atoms with Crippen molar-refractivity contribution in [2.45, 2.75) is 6.92 Å². The van der Waals surface area contributed by atoms with E-state index in [1.807, 2.05) is 19.3 Å². The van der Waals surface area contributed by atoms with Crippen LogP contribution in [0, 0.1) is 6.92 Å². The van der Waals surface area contributed by atoms with Gasteiger partial charge in [-0.3, -0.25) is 9.48 Å². The molecule has 0 fully saturated rings. The summed E-state index contributed by atoms with van der Waals surface area (Å²) in [4.78, 5) is 17.0. The Hall–Kier alpha value is -2.39. The molecule has 3 rings (SSSR count). The number of aromatic hydroxyl groups is 1. The van der Waals surface area contributed by atoms with Crippen LogP contribution in [-0.4, -0.2) is 25.8 Å². The highest BCUT2D eigenvalue weighted by Crippen LogP contribution is 2.33. The Balaban J connectivity index is 1.76. The number of phenols is 1. The average Bonchev–Trinajstić information content (AvgIpc) is 3.17. The van der Waals surface area contributed by atoms with Crippen molar-refractivity contribution < 1.29 is 9.90 Å². The number of carbonyl (C=O) groups excluding carboxylic acids is 1. The van der Waals surface area contributed by atoms with Crippen LogP contribution >= 0.6 is 27.3 Å². The summed E-state index contributed by atoms with van der Waals surface area (Å²) in [6.07, 6.45) is 3.31. The van der Waals surface area contributed by atoms with Crippen LogP contribution in [0.3, 0.4) is 0 Å². The van der Waals surface area contributed by atoms with Crippen molar-refractivity contribution in [3.05, 3.63) is 45.5 Å². The molecule has 0 saturated carbocycles. The van der Waals surface area contributed by atoms with Crippen molar-refractivity contribution in [3.63, 3.8) is 0 Å². The largest absolute Gasteiger partial charge is 0.508 e. The topological polar surface area (TPSA) is 92.1 Å². The van der Waals surface area contributed by atoms with Crippen LogP contribution in [0.1, 0.15) is 15.2 Å². The first-order chi connectivity index (χ1) is 11.4. The molecule has 0 saturated heterocycles. The van der Waals surface area contributed by atoms with Gasteiger partial charge < -0.3 is 15.7 Å². The highest BCUT2D eigenvalue weighted by atomic mass is 79.9. The van der Waals surface area contributed by atoms with Gasteiger partial charge in [0.25, 0.3) is 5.91 Å². The minimum Gasteiger partial charge on any atom is -0.508 e. The van der Waals surface area contributed by atoms with Gasteiger partial charge in [0.1, 0.15) is 10.6 Å². The summed E-state index contributed by atoms with van der Waals surface area (Å²) >= 11 is 4.59. The third kappa shape index (κ3) is 3.41. The van der Waals surface area contributed by atoms with E-state index in [1.54, 1.807) is 23.7 Å². The minimum atomic E-state index is -0.295. The molecule has 7 nitrogen and oxygen atoms in total. The zero-order valence-corrected chi connectivity index (χ0v) is 15.3. The molecular weight excluding hydrogens is 394 g/mol. The second-order valence-electron chi connectivity index (χ2n) is 5.05. The molecule has 0 aliphatic carbocycles. The third-order valence-corrected chi connectivity index (χ3v) is 4.87. The molecule has 0 spiro atoms. The zero-order valence-electron chi connectivity index (χ0n) is 12.9. The number of anilines is 3. The van der Waals surface area contributed by atoms with Gasteiger partial charge in [0, 0.05) is 29.3 Å². The minimum absolute atomic E-state index is 0.121. The summed E-state index contributed by atoms with van der Waals surface area (Å²) in [7, 11) is 1.82. The number of amides is 1. The van der Waals surface area contributed by atoms with Gasteiger partial charge in [-0.25, -0.2) is 4.98 Å². The number of benzene rings is 1. The van der Waals surface area contributed by atoms with E-state index in [-0.39, 0.29) is 11.7 Å². The molecule has 9 heteroatoms. The van der Waals surface area contributed by atoms with Crippen molar-refractivity contribution >= 4 is 49.8 Å². The molecule has 0 unspecified atom stereocenters. The fourth-order valence-electron chi connectivity index (χ4n) is 2.02. The van der Waals surface area contributed by atoms with Crippen molar-refractivity contribution in [2.24, 2.45) is 7.05 Å². The van der Waals surface area contributed by atoms with Crippen LogP contribution in [-0.2, 0) is 7.05 Å². The maximum Gasteiger partial charge on any atom is 0.267 e. The standard InChI is InChI=1S/C15H14BrN5O2S/c1-8-10(22)4-3-9(16)13(8)19-14(23)11-7-17-15(24-11)18-12-5-6-21(2)20-12/h3-7,22H,1-2H3,(H,19,23)(H,17,18,20). The lowest BCUT2D eigenvalue weighted by Crippen LogP contribution is -2.11. The quantitative estimate of drug-likeness (QED) is 0.613. The van der Waals surface area contributed by atoms with Crippen LogP contribution in [0.2, 0.25) is 0 Å². The van der Waals surface area contributed by atoms with Gasteiger partial charge in [0.15, 0.2) is 10.9 Å². The van der Waals surface area contributed by atoms with Crippen LogP contribution in [0.15, 0.2) is 35.1 Å². The Morgan fingerprint density at radius 2 is 2.17 bits per heavy atom. The molecule has 0 radical (unpaired) electrons. The van der Waals surface area contributed by atoms with Gasteiger partial charge in [0.2, 0.25) is 0 Å². The van der Waals surface area contributed by atoms with Crippen LogP contribution in [0.4, 0.5) is 16.6 Å². The first kappa shape index (κ1) is 16.5. The van der Waals surface area contributed by atoms with E-state index in [9.17, 15) is 9.90 Å². The Bertz CT molecular complexity index is 905. The summed E-state index contributed by atoms with van der Waals surface area (Å²) < 4.78 is 2.37. The van der Waals surface area contributed by atoms with E-state index in [1.165, 1.54) is 17.5 Å². The van der Waals surface area contributed by atoms with E-state index in [4.69, 9.17) is 0 Å². The zero-order chi connectivity index (χ0) is 17.3. The molecule has 3 aromatic rings. The normalized spacial score (nSPS) is 10.6. The molecule has 1 amide bonds. The molecule has 1 aromatic carbocycles. The number of hydrogen-bond donors (Lipinski definition) is 3. The number of phenolic OH excluding ortho intramolecular Hbond substituents is 1. The lowest BCUT2D eigenvalue weighted by Gasteiger charge is -2.10. The number of nitrogens with one attached hydrogen (secondary N) is 2. The smallest absolute Gasteiger partial charge is 0.267 e. The van der Waals surface area contributed by atoms with E-state index in [0.29, 0.717) is 31.6 Å². The number of nitrogens with zero attached hydrogens (tertiary/aromatic N) is 3. The van der Waals surface area contributed by atoms with Crippen LogP contribution in [0.5, 0.6) is 5.75 Å². The van der Waals surface area contributed by atoms with E-state index in [0.717, 1.165) is 0 Å². The van der Waals surface area contributed by atoms with E-state index in [2.05, 4.69) is 36.6 Å². The predicted molar refractivity (Wildman–Crippen MR) is 97.1 cm³/mol. The maximum atomic E-state index is 12.4. The molecular formula is C15H14BrN5O2S. The predicted octanol–water partition coefficient (Wildman–Crippen LogP) is 3.65. The Labute approximate surface area is 150 Å². The molecule has 24 heavy (non-hydrogen) atoms. The highest BCUT2D eigenvalue weighted by molar-refractivity contribution is 9.10. The summed E-state index contributed by atoms with van der Waals surface area (Å²) in [6.45, 7) is 1.73. The summed E-state index contributed by atoms with van der Waals surface area (Å²) in [6, 6.07) is 5.06. The number of aromatic nitrogens is 3. The number of carbonyl (C=O) groups is 1. The Morgan fingerprint density at radius 3 is 2.88 bits per heavy atom. The number of halogens is 1. The average molecular weight is 408 g/mol. The molecule has 0 aliphatic heterocycles. The monoisotopic (exact) mass is 407 g/mol. The van der Waals surface area contributed by atoms with Gasteiger partial charge in [-0.05, 0) is 35.0 Å². The number of hydrogen-bond acceptors (Lipinski definition) is 6. The number of aryl methyl sites for hydroxylation is 1. The summed E-state index contributed by atoms with van der Waals surface area (Å²) in [5, 5.41) is 20.4. The van der Waals surface area contributed by atoms with Gasteiger partial charge >= 0.3 is 0 Å². The fourth-order valence-corrected chi connectivity index (χ4v) is 3.27. The number of rotatable bonds is 4. The molecule has 0 bridgehead atoms. The van der Waals surface area contributed by atoms with Crippen molar-refractivity contribution in [3.8, 4) is 5.75 Å². The SMILES string of the molecule is Cc1c(O)ccc(Br)c1NC(=O)c1cnc(Nc2ccn(C)n2)s1. The molecule has 0 aliphatic rings. The van der Waals surface area contributed by atoms with Crippen LogP contribution in [0.25, 0.3) is 0 Å². The molecule has 3 N–H and O–H groups in total. The summed E-state index contributed by atoms with van der Waals surface area (Å²) in [5.74, 6) is 0.483. The lowest BCUT2D eigenvalue weighted by molar-refractivity contribution is 0.103. The van der Waals surface area contributed by atoms with Gasteiger partial charge in [-0.15, -0.1) is 0 Å². The first-order valence-corrected chi connectivity index (χ1v) is 8.57. The molecule has 2 aromatic heterocycles. The molecule has 2 heterocycles. The Kier molecular flexibility index (Phi) is 4.54. The highest BCUT2D eigenvalue weighted by Gasteiger charge is 2.15. The van der Waals surface area contributed by atoms with E-state index >= 15 is 0 Å². The van der Waals surface area contributed by atoms with Gasteiger partial charge in [-0.2, -0.15) is 5.10 Å². The maximum absolute atomic E-state index is 12.4. The first-order valence-electron chi connectivity index (χ1n) is 6.96. The van der Waals surface area contributed by atoms with Crippen molar-refractivity contribution in [1.29, 1.82) is 0 Å². The Morgan fingerprint density at radius 1 is 1.38 bits per heavy atom. The van der Waals surface area contributed by atoms with Gasteiger partial charge in [0.05, 0.1) is 11.9 Å². The third-order valence-electron chi connectivity index (χ3n) is 3.30. The second kappa shape index (κ2) is 6.62. The molecule has 124 valence electrons. The second-order valence-corrected chi connectivity index (χ2v) is 6.93. The number of thiazole rings is 1. The van der Waals surface area contributed by atoms with Crippen molar-refractivity contribution in [2.75, 3.05) is 10.6 Å². The molecule has 0 atom stereocenters. The fraction of sp³-hybridized carbons (Fsp3) is 0.133. The van der Waals surface area contributed by atoms with Crippen molar-refractivity contribution in [1.82, 2.24) is 14.8 Å². The summed E-state index contributed by atoms with van der Waals surface area (Å²) in [5.41, 5.74) is 1.13. The van der Waals surface area contributed by atoms with E-state index < -0.39 is 0 Å².